The molecule has 1 heterocycles. The maximum Gasteiger partial charge on any atom is 0.324 e. The van der Waals surface area contributed by atoms with Crippen molar-refractivity contribution in [1.29, 1.82) is 0 Å². The number of hydrogen-bond donors (Lipinski definition) is 2. The second kappa shape index (κ2) is 6.03. The van der Waals surface area contributed by atoms with Gasteiger partial charge in [0, 0.05) is 12.4 Å². The third kappa shape index (κ3) is 4.46. The monoisotopic (exact) mass is 225 g/mol. The molecule has 0 spiro atoms. The van der Waals surface area contributed by atoms with Gasteiger partial charge in [0.25, 0.3) is 0 Å². The first-order valence-electron chi connectivity index (χ1n) is 4.56. The summed E-state index contributed by atoms with van der Waals surface area (Å²) in [7, 11) is 0. The van der Waals surface area contributed by atoms with Gasteiger partial charge < -0.3 is 5.32 Å². The van der Waals surface area contributed by atoms with E-state index in [2.05, 4.69) is 15.6 Å². The van der Waals surface area contributed by atoms with E-state index in [9.17, 15) is 4.79 Å². The largest absolute Gasteiger partial charge is 0.324 e. The number of hydrogen-bond acceptors (Lipinski definition) is 2. The van der Waals surface area contributed by atoms with Crippen molar-refractivity contribution < 1.29 is 4.79 Å². The molecule has 0 saturated carbocycles. The fourth-order valence-electron chi connectivity index (χ4n) is 0.855. The molecule has 0 fully saturated rings. The fourth-order valence-corrected chi connectivity index (χ4v) is 0.966. The van der Waals surface area contributed by atoms with E-state index in [0.29, 0.717) is 10.8 Å². The van der Waals surface area contributed by atoms with Crippen molar-refractivity contribution in [2.75, 3.05) is 5.32 Å². The van der Waals surface area contributed by atoms with E-state index in [1.165, 1.54) is 6.20 Å². The van der Waals surface area contributed by atoms with Crippen molar-refractivity contribution in [3.8, 4) is 0 Å². The summed E-state index contributed by atoms with van der Waals surface area (Å²) in [5, 5.41) is 5.63. The summed E-state index contributed by atoms with van der Waals surface area (Å²) in [4.78, 5) is 15.1. The van der Waals surface area contributed by atoms with Crippen molar-refractivity contribution in [1.82, 2.24) is 10.3 Å². The molecule has 1 rings (SSSR count). The first-order chi connectivity index (χ1) is 7.22. The summed E-state index contributed by atoms with van der Waals surface area (Å²) in [6.45, 7) is 1.98. The summed E-state index contributed by atoms with van der Waals surface area (Å²) >= 11 is 5.65. The van der Waals surface area contributed by atoms with Crippen molar-refractivity contribution in [3.05, 3.63) is 35.6 Å². The number of anilines is 1. The van der Waals surface area contributed by atoms with Crippen LogP contribution in [0.1, 0.15) is 13.3 Å². The normalized spacial score (nSPS) is 10.3. The molecule has 0 aliphatic heterocycles. The molecule has 1 aromatic rings. The van der Waals surface area contributed by atoms with Gasteiger partial charge in [-0.3, -0.25) is 5.32 Å². The molecule has 0 saturated heterocycles. The minimum Gasteiger partial charge on any atom is -0.315 e. The molecule has 80 valence electrons. The molecule has 0 aliphatic rings. The SMILES string of the molecule is CC/C=C/NC(=O)Nc1ccc(Cl)cn1. The molecule has 5 heteroatoms. The molecule has 0 unspecified atom stereocenters. The number of rotatable bonds is 3. The van der Waals surface area contributed by atoms with Gasteiger partial charge in [-0.15, -0.1) is 0 Å². The zero-order valence-electron chi connectivity index (χ0n) is 8.33. The average molecular weight is 226 g/mol. The maximum atomic E-state index is 11.2. The number of nitrogens with one attached hydrogen (secondary N) is 2. The van der Waals surface area contributed by atoms with Gasteiger partial charge in [-0.2, -0.15) is 0 Å². The Kier molecular flexibility index (Phi) is 4.63. The number of urea groups is 1. The summed E-state index contributed by atoms with van der Waals surface area (Å²) in [6, 6.07) is 2.96. The van der Waals surface area contributed by atoms with Crippen LogP contribution in [-0.4, -0.2) is 11.0 Å². The van der Waals surface area contributed by atoms with Crippen molar-refractivity contribution in [3.63, 3.8) is 0 Å². The van der Waals surface area contributed by atoms with Crippen LogP contribution in [0.2, 0.25) is 5.02 Å². The average Bonchev–Trinajstić information content (AvgIpc) is 2.22. The van der Waals surface area contributed by atoms with E-state index in [1.807, 2.05) is 13.0 Å². The first-order valence-corrected chi connectivity index (χ1v) is 4.94. The molecule has 4 nitrogen and oxygen atoms in total. The fraction of sp³-hybridized carbons (Fsp3) is 0.200. The molecular formula is C10H12ClN3O. The second-order valence-electron chi connectivity index (χ2n) is 2.77. The van der Waals surface area contributed by atoms with Crippen LogP contribution in [0, 0.1) is 0 Å². The number of amides is 2. The van der Waals surface area contributed by atoms with Gasteiger partial charge in [-0.25, -0.2) is 9.78 Å². The first kappa shape index (κ1) is 11.5. The number of carbonyl (C=O) groups excluding carboxylic acids is 1. The van der Waals surface area contributed by atoms with Crippen LogP contribution < -0.4 is 10.6 Å². The minimum absolute atomic E-state index is 0.325. The second-order valence-corrected chi connectivity index (χ2v) is 3.21. The zero-order valence-corrected chi connectivity index (χ0v) is 9.08. The molecule has 0 radical (unpaired) electrons. The van der Waals surface area contributed by atoms with Crippen LogP contribution in [0.25, 0.3) is 0 Å². The molecule has 2 amide bonds. The van der Waals surface area contributed by atoms with Crippen LogP contribution in [0.5, 0.6) is 0 Å². The Labute approximate surface area is 93.4 Å². The van der Waals surface area contributed by atoms with Gasteiger partial charge >= 0.3 is 6.03 Å². The zero-order chi connectivity index (χ0) is 11.1. The molecule has 2 N–H and O–H groups in total. The quantitative estimate of drug-likeness (QED) is 0.831. The minimum atomic E-state index is -0.325. The van der Waals surface area contributed by atoms with Gasteiger partial charge in [0.15, 0.2) is 0 Å². The van der Waals surface area contributed by atoms with Crippen molar-refractivity contribution in [2.45, 2.75) is 13.3 Å². The third-order valence-electron chi connectivity index (χ3n) is 1.54. The van der Waals surface area contributed by atoms with Crippen LogP contribution >= 0.6 is 11.6 Å². The Morgan fingerprint density at radius 3 is 3.00 bits per heavy atom. The molecule has 0 aromatic carbocycles. The number of pyridine rings is 1. The highest BCUT2D eigenvalue weighted by Crippen LogP contribution is 2.08. The van der Waals surface area contributed by atoms with Gasteiger partial charge in [0.05, 0.1) is 5.02 Å². The lowest BCUT2D eigenvalue weighted by Gasteiger charge is -2.02. The van der Waals surface area contributed by atoms with Crippen LogP contribution in [-0.2, 0) is 0 Å². The smallest absolute Gasteiger partial charge is 0.315 e. The molecule has 15 heavy (non-hydrogen) atoms. The van der Waals surface area contributed by atoms with E-state index < -0.39 is 0 Å². The summed E-state index contributed by atoms with van der Waals surface area (Å²) in [5.74, 6) is 0.460. The number of nitrogens with zero attached hydrogens (tertiary/aromatic N) is 1. The summed E-state index contributed by atoms with van der Waals surface area (Å²) < 4.78 is 0. The van der Waals surface area contributed by atoms with Crippen molar-refractivity contribution in [2.24, 2.45) is 0 Å². The molecule has 0 atom stereocenters. The van der Waals surface area contributed by atoms with Gasteiger partial charge in [0.1, 0.15) is 5.82 Å². The number of allylic oxidation sites excluding steroid dienone is 1. The summed E-state index contributed by atoms with van der Waals surface area (Å²) in [6.07, 6.45) is 5.78. The topological polar surface area (TPSA) is 54.0 Å². The van der Waals surface area contributed by atoms with E-state index in [1.54, 1.807) is 18.3 Å². The molecule has 0 aliphatic carbocycles. The maximum absolute atomic E-state index is 11.2. The van der Waals surface area contributed by atoms with Gasteiger partial charge in [0.2, 0.25) is 0 Å². The number of carbonyl (C=O) groups is 1. The van der Waals surface area contributed by atoms with E-state index in [0.717, 1.165) is 6.42 Å². The predicted molar refractivity (Wildman–Crippen MR) is 60.8 cm³/mol. The number of halogens is 1. The Morgan fingerprint density at radius 2 is 2.40 bits per heavy atom. The number of aromatic nitrogens is 1. The highest BCUT2D eigenvalue weighted by molar-refractivity contribution is 6.30. The molecule has 1 aromatic heterocycles. The Morgan fingerprint density at radius 1 is 1.60 bits per heavy atom. The lowest BCUT2D eigenvalue weighted by Crippen LogP contribution is -2.24. The van der Waals surface area contributed by atoms with Crippen LogP contribution in [0.3, 0.4) is 0 Å². The Balaban J connectivity index is 2.44. The van der Waals surface area contributed by atoms with Gasteiger partial charge in [-0.05, 0) is 18.6 Å². The lowest BCUT2D eigenvalue weighted by atomic mass is 10.4. The van der Waals surface area contributed by atoms with Crippen LogP contribution in [0.4, 0.5) is 10.6 Å². The highest BCUT2D eigenvalue weighted by Gasteiger charge is 1.99. The van der Waals surface area contributed by atoms with E-state index in [4.69, 9.17) is 11.6 Å². The van der Waals surface area contributed by atoms with E-state index in [-0.39, 0.29) is 6.03 Å². The van der Waals surface area contributed by atoms with Crippen molar-refractivity contribution >= 4 is 23.4 Å². The van der Waals surface area contributed by atoms with E-state index >= 15 is 0 Å². The summed E-state index contributed by atoms with van der Waals surface area (Å²) in [5.41, 5.74) is 0. The van der Waals surface area contributed by atoms with Crippen LogP contribution in [0.15, 0.2) is 30.6 Å². The lowest BCUT2D eigenvalue weighted by molar-refractivity contribution is 0.255. The Hall–Kier alpha value is -1.55. The third-order valence-corrected chi connectivity index (χ3v) is 1.76. The molecule has 0 bridgehead atoms. The predicted octanol–water partition coefficient (Wildman–Crippen LogP) is 2.78. The highest BCUT2D eigenvalue weighted by atomic mass is 35.5. The Bertz CT molecular complexity index is 348. The van der Waals surface area contributed by atoms with Gasteiger partial charge in [-0.1, -0.05) is 24.6 Å². The molecular weight excluding hydrogens is 214 g/mol. The standard InChI is InChI=1S/C10H12ClN3O/c1-2-3-6-12-10(15)14-9-5-4-8(11)7-13-9/h3-7H,2H2,1H3,(H2,12,13,14,15)/b6-3+.